The number of halogens is 1. The van der Waals surface area contributed by atoms with E-state index >= 15 is 0 Å². The molecule has 0 aromatic heterocycles. The Morgan fingerprint density at radius 1 is 1.23 bits per heavy atom. The average molecular weight is 396 g/mol. The molecule has 0 amide bonds. The highest BCUT2D eigenvalue weighted by Crippen LogP contribution is 2.50. The Hall–Kier alpha value is -1.55. The van der Waals surface area contributed by atoms with E-state index in [0.29, 0.717) is 18.3 Å². The number of fused-ring (bicyclic) bond motifs is 1. The predicted molar refractivity (Wildman–Crippen MR) is 103 cm³/mol. The van der Waals surface area contributed by atoms with Gasteiger partial charge in [-0.25, -0.2) is 9.65 Å². The van der Waals surface area contributed by atoms with E-state index in [1.165, 1.54) is 0 Å². The highest BCUT2D eigenvalue weighted by atomic mass is 35.7. The van der Waals surface area contributed by atoms with Crippen LogP contribution in [0.25, 0.3) is 10.8 Å². The Kier molecular flexibility index (Phi) is 5.91. The summed E-state index contributed by atoms with van der Waals surface area (Å²) in [5, 5.41) is 4.43. The van der Waals surface area contributed by atoms with Gasteiger partial charge in [-0.05, 0) is 36.1 Å². The van der Waals surface area contributed by atoms with Crippen molar-refractivity contribution in [3.8, 4) is 5.75 Å². The van der Waals surface area contributed by atoms with Crippen LogP contribution in [0.1, 0.15) is 26.7 Å². The van der Waals surface area contributed by atoms with Crippen molar-refractivity contribution in [2.24, 2.45) is 11.8 Å². The number of esters is 1. The van der Waals surface area contributed by atoms with Crippen molar-refractivity contribution < 1.29 is 18.6 Å². The molecule has 0 saturated heterocycles. The summed E-state index contributed by atoms with van der Waals surface area (Å²) in [7, 11) is 0. The molecule has 0 spiro atoms. The predicted octanol–water partition coefficient (Wildman–Crippen LogP) is 5.13. The quantitative estimate of drug-likeness (QED) is 0.495. The van der Waals surface area contributed by atoms with E-state index in [0.717, 1.165) is 23.6 Å². The van der Waals surface area contributed by atoms with E-state index in [2.05, 4.69) is 5.09 Å². The maximum atomic E-state index is 12.8. The average Bonchev–Trinajstić information content (AvgIpc) is 3.42. The largest absolute Gasteiger partial charge is 0.464 e. The van der Waals surface area contributed by atoms with Gasteiger partial charge in [-0.1, -0.05) is 50.2 Å². The lowest BCUT2D eigenvalue weighted by atomic mass is 10.1. The van der Waals surface area contributed by atoms with Crippen LogP contribution in [0.2, 0.25) is 0 Å². The van der Waals surface area contributed by atoms with Gasteiger partial charge in [-0.15, -0.1) is 0 Å². The first-order valence-electron chi connectivity index (χ1n) is 8.77. The van der Waals surface area contributed by atoms with Crippen molar-refractivity contribution in [2.45, 2.75) is 32.7 Å². The number of carbonyl (C=O) groups is 1. The molecule has 0 heterocycles. The molecule has 2 aromatic rings. The van der Waals surface area contributed by atoms with Gasteiger partial charge in [0.2, 0.25) is 0 Å². The van der Waals surface area contributed by atoms with E-state index in [4.69, 9.17) is 20.5 Å². The smallest absolute Gasteiger partial charge is 0.409 e. The molecule has 0 radical (unpaired) electrons. The zero-order valence-corrected chi connectivity index (χ0v) is 16.5. The minimum absolute atomic E-state index is 0.148. The van der Waals surface area contributed by atoms with E-state index in [9.17, 15) is 9.36 Å². The van der Waals surface area contributed by atoms with Crippen molar-refractivity contribution in [2.75, 3.05) is 6.61 Å². The standard InChI is InChI=1S/C19H23ClNO4P/c1-13(2)18(19(22)24-12-14-10-11-14)21-26(20,23)25-17-9-5-7-15-6-3-4-8-16(15)17/h3-9,13-14,18H,10-12H2,1-2H3,(H,21,23)/t18-,26?/m0/s1. The Bertz CT molecular complexity index is 832. The van der Waals surface area contributed by atoms with Crippen LogP contribution in [0.15, 0.2) is 42.5 Å². The zero-order valence-electron chi connectivity index (χ0n) is 14.9. The highest BCUT2D eigenvalue weighted by molar-refractivity contribution is 7.84. The lowest BCUT2D eigenvalue weighted by Gasteiger charge is -2.24. The second-order valence-corrected chi connectivity index (χ2v) is 9.71. The molecule has 2 atom stereocenters. The first kappa shape index (κ1) is 19.2. The summed E-state index contributed by atoms with van der Waals surface area (Å²) >= 11 is 6.14. The van der Waals surface area contributed by atoms with Gasteiger partial charge in [0.25, 0.3) is 0 Å². The third-order valence-electron chi connectivity index (χ3n) is 4.34. The van der Waals surface area contributed by atoms with Crippen LogP contribution in [0.5, 0.6) is 5.75 Å². The van der Waals surface area contributed by atoms with Crippen molar-refractivity contribution in [3.05, 3.63) is 42.5 Å². The lowest BCUT2D eigenvalue weighted by Crippen LogP contribution is -2.40. The Labute approximate surface area is 158 Å². The number of hydrogen-bond acceptors (Lipinski definition) is 4. The van der Waals surface area contributed by atoms with Gasteiger partial charge >= 0.3 is 12.8 Å². The van der Waals surface area contributed by atoms with Gasteiger partial charge in [-0.3, -0.25) is 4.79 Å². The van der Waals surface area contributed by atoms with Crippen LogP contribution < -0.4 is 9.61 Å². The first-order valence-corrected chi connectivity index (χ1v) is 11.3. The maximum absolute atomic E-state index is 12.8. The molecule has 1 unspecified atom stereocenters. The summed E-state index contributed by atoms with van der Waals surface area (Å²) in [5.41, 5.74) is 0. The van der Waals surface area contributed by atoms with Crippen LogP contribution in [0, 0.1) is 11.8 Å². The summed E-state index contributed by atoms with van der Waals surface area (Å²) in [5.74, 6) is 0.267. The molecule has 3 rings (SSSR count). The summed E-state index contributed by atoms with van der Waals surface area (Å²) in [6.45, 7) is 0.287. The van der Waals surface area contributed by atoms with Crippen LogP contribution in [0.4, 0.5) is 0 Å². The molecule has 1 saturated carbocycles. The van der Waals surface area contributed by atoms with E-state index in [1.807, 2.05) is 44.2 Å². The molecule has 5 nitrogen and oxygen atoms in total. The molecule has 1 fully saturated rings. The third kappa shape index (κ3) is 5.00. The molecule has 7 heteroatoms. The van der Waals surface area contributed by atoms with Crippen LogP contribution in [-0.4, -0.2) is 18.6 Å². The first-order chi connectivity index (χ1) is 12.4. The van der Waals surface area contributed by atoms with Gasteiger partial charge in [-0.2, -0.15) is 0 Å². The van der Waals surface area contributed by atoms with E-state index in [-0.39, 0.29) is 5.92 Å². The number of ether oxygens (including phenoxy) is 1. The summed E-state index contributed by atoms with van der Waals surface area (Å²) < 4.78 is 23.7. The van der Waals surface area contributed by atoms with Gasteiger partial charge < -0.3 is 9.26 Å². The summed E-state index contributed by atoms with van der Waals surface area (Å²) in [6.07, 6.45) is 2.18. The molecule has 140 valence electrons. The highest BCUT2D eigenvalue weighted by Gasteiger charge is 2.34. The number of carbonyl (C=O) groups excluding carboxylic acids is 1. The van der Waals surface area contributed by atoms with Gasteiger partial charge in [0.1, 0.15) is 11.8 Å². The third-order valence-corrected chi connectivity index (χ3v) is 5.86. The monoisotopic (exact) mass is 395 g/mol. The van der Waals surface area contributed by atoms with Gasteiger partial charge in [0, 0.05) is 16.6 Å². The minimum atomic E-state index is -3.79. The molecule has 2 aromatic carbocycles. The lowest BCUT2D eigenvalue weighted by molar-refractivity contribution is -0.147. The Morgan fingerprint density at radius 2 is 1.92 bits per heavy atom. The maximum Gasteiger partial charge on any atom is 0.409 e. The molecule has 0 aliphatic heterocycles. The topological polar surface area (TPSA) is 64.6 Å². The van der Waals surface area contributed by atoms with Gasteiger partial charge in [0.15, 0.2) is 0 Å². The minimum Gasteiger partial charge on any atom is -0.464 e. The second kappa shape index (κ2) is 7.99. The SMILES string of the molecule is CC(C)[C@H](NP(=O)(Cl)Oc1cccc2ccccc12)C(=O)OCC1CC1. The second-order valence-electron chi connectivity index (χ2n) is 6.97. The van der Waals surface area contributed by atoms with Crippen molar-refractivity contribution in [3.63, 3.8) is 0 Å². The van der Waals surface area contributed by atoms with Crippen LogP contribution in [0.3, 0.4) is 0 Å². The Morgan fingerprint density at radius 3 is 2.62 bits per heavy atom. The summed E-state index contributed by atoms with van der Waals surface area (Å²) in [6, 6.07) is 12.2. The summed E-state index contributed by atoms with van der Waals surface area (Å²) in [4.78, 5) is 12.3. The number of hydrogen-bond donors (Lipinski definition) is 1. The number of nitrogens with one attached hydrogen (secondary N) is 1. The molecule has 1 aliphatic carbocycles. The van der Waals surface area contributed by atoms with Crippen LogP contribution in [-0.2, 0) is 14.1 Å². The normalized spacial score (nSPS) is 17.7. The van der Waals surface area contributed by atoms with Crippen molar-refractivity contribution in [1.82, 2.24) is 5.09 Å². The molecular formula is C19H23ClNO4P. The van der Waals surface area contributed by atoms with Crippen LogP contribution >= 0.6 is 18.1 Å². The molecule has 1 aliphatic rings. The fraction of sp³-hybridized carbons (Fsp3) is 0.421. The number of benzene rings is 2. The molecule has 1 N–H and O–H groups in total. The van der Waals surface area contributed by atoms with Crippen molar-refractivity contribution >= 4 is 34.9 Å². The van der Waals surface area contributed by atoms with E-state index in [1.54, 1.807) is 12.1 Å². The zero-order chi connectivity index (χ0) is 18.7. The fourth-order valence-electron chi connectivity index (χ4n) is 2.64. The van der Waals surface area contributed by atoms with E-state index < -0.39 is 18.9 Å². The fourth-order valence-corrected chi connectivity index (χ4v) is 4.38. The van der Waals surface area contributed by atoms with Crippen molar-refractivity contribution in [1.29, 1.82) is 0 Å². The molecule has 26 heavy (non-hydrogen) atoms. The van der Waals surface area contributed by atoms with Gasteiger partial charge in [0.05, 0.1) is 6.61 Å². The Balaban J connectivity index is 1.72. The number of rotatable bonds is 8. The molecular weight excluding hydrogens is 373 g/mol. The molecule has 0 bridgehead atoms.